The Hall–Kier alpha value is -1.63. The van der Waals surface area contributed by atoms with Crippen LogP contribution in [0.1, 0.15) is 25.7 Å². The lowest BCUT2D eigenvalue weighted by atomic mass is 9.94. The topological polar surface area (TPSA) is 105 Å². The van der Waals surface area contributed by atoms with Gasteiger partial charge in [0.15, 0.2) is 0 Å². The Morgan fingerprint density at radius 3 is 2.85 bits per heavy atom. The number of carbonyl (C=O) groups is 3. The van der Waals surface area contributed by atoms with Gasteiger partial charge in [0.25, 0.3) is 5.91 Å². The SMILES string of the molecule is NCC1CCCC1C(=O)N1CCC2(C1)NC(=O)NC2=O. The van der Waals surface area contributed by atoms with Gasteiger partial charge in [-0.05, 0) is 31.7 Å². The Balaban J connectivity index is 1.69. The second-order valence-corrected chi connectivity index (χ2v) is 6.03. The number of nitrogens with one attached hydrogen (secondary N) is 2. The lowest BCUT2D eigenvalue weighted by Crippen LogP contribution is -2.50. The van der Waals surface area contributed by atoms with E-state index in [1.807, 2.05) is 0 Å². The van der Waals surface area contributed by atoms with Crippen LogP contribution in [0.15, 0.2) is 0 Å². The zero-order chi connectivity index (χ0) is 14.3. The smallest absolute Gasteiger partial charge is 0.322 e. The summed E-state index contributed by atoms with van der Waals surface area (Å²) in [6.45, 7) is 1.32. The molecule has 0 aromatic rings. The van der Waals surface area contributed by atoms with E-state index in [4.69, 9.17) is 5.73 Å². The molecule has 4 N–H and O–H groups in total. The van der Waals surface area contributed by atoms with Crippen molar-refractivity contribution in [2.45, 2.75) is 31.2 Å². The molecular formula is C13H20N4O3. The normalized spacial score (nSPS) is 36.5. The van der Waals surface area contributed by atoms with E-state index in [1.165, 1.54) is 0 Å². The van der Waals surface area contributed by atoms with Gasteiger partial charge in [-0.15, -0.1) is 0 Å². The fourth-order valence-corrected chi connectivity index (χ4v) is 3.69. The van der Waals surface area contributed by atoms with E-state index in [0.717, 1.165) is 19.3 Å². The summed E-state index contributed by atoms with van der Waals surface area (Å²) in [5, 5.41) is 4.91. The molecule has 2 heterocycles. The number of carbonyl (C=O) groups excluding carboxylic acids is 3. The van der Waals surface area contributed by atoms with Crippen LogP contribution < -0.4 is 16.4 Å². The van der Waals surface area contributed by atoms with Gasteiger partial charge < -0.3 is 16.0 Å². The standard InChI is InChI=1S/C13H20N4O3/c14-6-8-2-1-3-9(8)10(18)17-5-4-13(7-17)11(19)15-12(20)16-13/h8-9H,1-7,14H2,(H2,15,16,19,20). The number of likely N-dealkylation sites (tertiary alicyclic amines) is 1. The zero-order valence-corrected chi connectivity index (χ0v) is 11.4. The Labute approximate surface area is 117 Å². The predicted octanol–water partition coefficient (Wildman–Crippen LogP) is -0.828. The Morgan fingerprint density at radius 2 is 2.20 bits per heavy atom. The molecule has 2 aliphatic heterocycles. The van der Waals surface area contributed by atoms with Gasteiger partial charge >= 0.3 is 6.03 Å². The van der Waals surface area contributed by atoms with E-state index >= 15 is 0 Å². The highest BCUT2D eigenvalue weighted by Gasteiger charge is 2.52. The highest BCUT2D eigenvalue weighted by atomic mass is 16.2. The van der Waals surface area contributed by atoms with Crippen LogP contribution in [0.25, 0.3) is 0 Å². The first-order valence-corrected chi connectivity index (χ1v) is 7.18. The number of urea groups is 1. The molecule has 0 aromatic heterocycles. The lowest BCUT2D eigenvalue weighted by Gasteiger charge is -2.25. The van der Waals surface area contributed by atoms with Crippen molar-refractivity contribution in [2.24, 2.45) is 17.6 Å². The molecular weight excluding hydrogens is 260 g/mol. The molecule has 0 bridgehead atoms. The van der Waals surface area contributed by atoms with Gasteiger partial charge in [-0.1, -0.05) is 6.42 Å². The van der Waals surface area contributed by atoms with E-state index < -0.39 is 11.6 Å². The van der Waals surface area contributed by atoms with Crippen LogP contribution in [0.5, 0.6) is 0 Å². The van der Waals surface area contributed by atoms with Crippen LogP contribution in [0.2, 0.25) is 0 Å². The van der Waals surface area contributed by atoms with Crippen molar-refractivity contribution in [2.75, 3.05) is 19.6 Å². The minimum absolute atomic E-state index is 0.0182. The maximum atomic E-state index is 12.6. The van der Waals surface area contributed by atoms with Crippen LogP contribution in [-0.2, 0) is 9.59 Å². The highest BCUT2D eigenvalue weighted by molar-refractivity contribution is 6.07. The minimum atomic E-state index is -0.913. The number of hydrogen-bond acceptors (Lipinski definition) is 4. The highest BCUT2D eigenvalue weighted by Crippen LogP contribution is 2.34. The molecule has 3 aliphatic rings. The fourth-order valence-electron chi connectivity index (χ4n) is 3.69. The predicted molar refractivity (Wildman–Crippen MR) is 70.5 cm³/mol. The number of amides is 4. The number of hydrogen-bond donors (Lipinski definition) is 3. The third-order valence-electron chi connectivity index (χ3n) is 4.87. The van der Waals surface area contributed by atoms with Crippen LogP contribution in [0.4, 0.5) is 4.79 Å². The molecule has 4 amide bonds. The van der Waals surface area contributed by atoms with Gasteiger partial charge in [-0.3, -0.25) is 14.9 Å². The summed E-state index contributed by atoms with van der Waals surface area (Å²) in [6.07, 6.45) is 3.40. The second kappa shape index (κ2) is 4.73. The van der Waals surface area contributed by atoms with Crippen molar-refractivity contribution >= 4 is 17.8 Å². The van der Waals surface area contributed by atoms with E-state index in [2.05, 4.69) is 10.6 Å². The number of nitrogens with zero attached hydrogens (tertiary/aromatic N) is 1. The van der Waals surface area contributed by atoms with Crippen LogP contribution in [-0.4, -0.2) is 47.9 Å². The Morgan fingerprint density at radius 1 is 1.40 bits per heavy atom. The molecule has 3 atom stereocenters. The van der Waals surface area contributed by atoms with E-state index in [-0.39, 0.29) is 30.2 Å². The van der Waals surface area contributed by atoms with Crippen molar-refractivity contribution in [3.8, 4) is 0 Å². The van der Waals surface area contributed by atoms with Gasteiger partial charge in [0.1, 0.15) is 5.54 Å². The summed E-state index contributed by atoms with van der Waals surface area (Å²) in [5.41, 5.74) is 4.81. The van der Waals surface area contributed by atoms with E-state index in [1.54, 1.807) is 4.90 Å². The monoisotopic (exact) mass is 280 g/mol. The average Bonchev–Trinajstić information content (AvgIpc) is 3.09. The summed E-state index contributed by atoms with van der Waals surface area (Å²) in [4.78, 5) is 37.4. The summed E-state index contributed by atoms with van der Waals surface area (Å²) in [5.74, 6) is 0.00438. The molecule has 0 aromatic carbocycles. The molecule has 7 heteroatoms. The Bertz CT molecular complexity index is 467. The third kappa shape index (κ3) is 1.96. The quantitative estimate of drug-likeness (QED) is 0.574. The molecule has 1 spiro atoms. The summed E-state index contributed by atoms with van der Waals surface area (Å²) in [7, 11) is 0. The Kier molecular flexibility index (Phi) is 3.16. The van der Waals surface area contributed by atoms with Gasteiger partial charge in [0.2, 0.25) is 5.91 Å². The van der Waals surface area contributed by atoms with Crippen molar-refractivity contribution in [3.63, 3.8) is 0 Å². The maximum Gasteiger partial charge on any atom is 0.322 e. The second-order valence-electron chi connectivity index (χ2n) is 6.03. The van der Waals surface area contributed by atoms with Crippen LogP contribution in [0, 0.1) is 11.8 Å². The molecule has 110 valence electrons. The summed E-state index contributed by atoms with van der Waals surface area (Å²) in [6, 6.07) is -0.468. The van der Waals surface area contributed by atoms with Gasteiger partial charge in [-0.2, -0.15) is 0 Å². The van der Waals surface area contributed by atoms with Gasteiger partial charge in [0.05, 0.1) is 6.54 Å². The summed E-state index contributed by atoms with van der Waals surface area (Å²) < 4.78 is 0. The number of rotatable bonds is 2. The first-order valence-electron chi connectivity index (χ1n) is 7.18. The van der Waals surface area contributed by atoms with Crippen LogP contribution >= 0.6 is 0 Å². The maximum absolute atomic E-state index is 12.6. The number of imide groups is 1. The molecule has 0 radical (unpaired) electrons. The fraction of sp³-hybridized carbons (Fsp3) is 0.769. The van der Waals surface area contributed by atoms with E-state index in [9.17, 15) is 14.4 Å². The first-order chi connectivity index (χ1) is 9.55. The molecule has 3 rings (SSSR count). The zero-order valence-electron chi connectivity index (χ0n) is 11.4. The molecule has 3 fully saturated rings. The van der Waals surface area contributed by atoms with Crippen molar-refractivity contribution < 1.29 is 14.4 Å². The molecule has 1 aliphatic carbocycles. The molecule has 2 saturated heterocycles. The van der Waals surface area contributed by atoms with Crippen molar-refractivity contribution in [1.82, 2.24) is 15.5 Å². The number of nitrogens with two attached hydrogens (primary N) is 1. The van der Waals surface area contributed by atoms with Crippen molar-refractivity contribution in [1.29, 1.82) is 0 Å². The largest absolute Gasteiger partial charge is 0.339 e. The lowest BCUT2D eigenvalue weighted by molar-refractivity contribution is -0.136. The first kappa shape index (κ1) is 13.4. The molecule has 20 heavy (non-hydrogen) atoms. The minimum Gasteiger partial charge on any atom is -0.339 e. The summed E-state index contributed by atoms with van der Waals surface area (Å²) >= 11 is 0. The van der Waals surface area contributed by atoms with Crippen LogP contribution in [0.3, 0.4) is 0 Å². The molecule has 3 unspecified atom stereocenters. The van der Waals surface area contributed by atoms with E-state index in [0.29, 0.717) is 19.5 Å². The average molecular weight is 280 g/mol. The van der Waals surface area contributed by atoms with Gasteiger partial charge in [0, 0.05) is 12.5 Å². The van der Waals surface area contributed by atoms with Crippen molar-refractivity contribution in [3.05, 3.63) is 0 Å². The molecule has 7 nitrogen and oxygen atoms in total. The third-order valence-corrected chi connectivity index (χ3v) is 4.87. The molecule has 1 saturated carbocycles. The van der Waals surface area contributed by atoms with Gasteiger partial charge in [-0.25, -0.2) is 4.79 Å².